The lowest BCUT2D eigenvalue weighted by molar-refractivity contribution is 0.132. The first kappa shape index (κ1) is 9.09. The lowest BCUT2D eigenvalue weighted by atomic mass is 10.3. The minimum Gasteiger partial charge on any atom is -0.463 e. The summed E-state index contributed by atoms with van der Waals surface area (Å²) >= 11 is 0. The maximum atomic E-state index is 5.44. The zero-order valence-corrected chi connectivity index (χ0v) is 8.03. The fourth-order valence-electron chi connectivity index (χ4n) is 1.25. The van der Waals surface area contributed by atoms with E-state index in [0.717, 1.165) is 11.0 Å². The summed E-state index contributed by atoms with van der Waals surface area (Å²) in [7, 11) is 1.64. The molecule has 0 atom stereocenters. The van der Waals surface area contributed by atoms with Crippen molar-refractivity contribution < 1.29 is 13.9 Å². The van der Waals surface area contributed by atoms with Crippen LogP contribution in [0.2, 0.25) is 0 Å². The topological polar surface area (TPSA) is 31.6 Å². The molecule has 0 amide bonds. The van der Waals surface area contributed by atoms with E-state index in [1.54, 1.807) is 7.11 Å². The smallest absolute Gasteiger partial charge is 0.285 e. The van der Waals surface area contributed by atoms with E-state index in [-0.39, 0.29) is 0 Å². The standard InChI is InChI=1S/C11H12O3/c1-12-6-7-13-11-8-9-4-2-3-5-10(9)14-11/h2-5,8H,6-7H2,1H3. The number of rotatable bonds is 4. The Labute approximate surface area is 82.2 Å². The Morgan fingerprint density at radius 2 is 2.07 bits per heavy atom. The van der Waals surface area contributed by atoms with E-state index in [9.17, 15) is 0 Å². The summed E-state index contributed by atoms with van der Waals surface area (Å²) in [5.74, 6) is 0.545. The summed E-state index contributed by atoms with van der Waals surface area (Å²) in [4.78, 5) is 0. The van der Waals surface area contributed by atoms with Crippen molar-refractivity contribution in [2.45, 2.75) is 0 Å². The number of hydrogen-bond donors (Lipinski definition) is 0. The lowest BCUT2D eigenvalue weighted by Gasteiger charge is -1.99. The van der Waals surface area contributed by atoms with Crippen LogP contribution in [0, 0.1) is 0 Å². The third-order valence-electron chi connectivity index (χ3n) is 1.93. The van der Waals surface area contributed by atoms with Gasteiger partial charge in [-0.3, -0.25) is 0 Å². The van der Waals surface area contributed by atoms with Gasteiger partial charge in [0.15, 0.2) is 0 Å². The van der Waals surface area contributed by atoms with Crippen LogP contribution in [0.1, 0.15) is 0 Å². The van der Waals surface area contributed by atoms with Gasteiger partial charge in [0.05, 0.1) is 6.61 Å². The largest absolute Gasteiger partial charge is 0.463 e. The molecule has 2 aromatic rings. The summed E-state index contributed by atoms with van der Waals surface area (Å²) in [6.45, 7) is 1.08. The Balaban J connectivity index is 2.11. The normalized spacial score (nSPS) is 10.6. The van der Waals surface area contributed by atoms with E-state index >= 15 is 0 Å². The van der Waals surface area contributed by atoms with Crippen LogP contribution in [0.25, 0.3) is 11.0 Å². The molecule has 3 heteroatoms. The number of hydrogen-bond acceptors (Lipinski definition) is 3. The highest BCUT2D eigenvalue weighted by atomic mass is 16.6. The van der Waals surface area contributed by atoms with Crippen LogP contribution in [0.3, 0.4) is 0 Å². The van der Waals surface area contributed by atoms with Gasteiger partial charge in [-0.25, -0.2) is 0 Å². The molecule has 1 aromatic carbocycles. The minimum atomic E-state index is 0.510. The SMILES string of the molecule is COCCOc1cc2ccccc2o1. The molecule has 0 aliphatic heterocycles. The van der Waals surface area contributed by atoms with Crippen LogP contribution in [-0.4, -0.2) is 20.3 Å². The van der Waals surface area contributed by atoms with Gasteiger partial charge in [0.25, 0.3) is 5.95 Å². The molecule has 0 saturated heterocycles. The van der Waals surface area contributed by atoms with Gasteiger partial charge in [-0.05, 0) is 6.07 Å². The van der Waals surface area contributed by atoms with E-state index in [4.69, 9.17) is 13.9 Å². The highest BCUT2D eigenvalue weighted by Crippen LogP contribution is 2.24. The van der Waals surface area contributed by atoms with Crippen LogP contribution in [0.5, 0.6) is 5.95 Å². The first-order chi connectivity index (χ1) is 6.90. The number of para-hydroxylation sites is 1. The molecule has 0 N–H and O–H groups in total. The second kappa shape index (κ2) is 4.15. The maximum absolute atomic E-state index is 5.44. The quantitative estimate of drug-likeness (QED) is 0.697. The van der Waals surface area contributed by atoms with Crippen molar-refractivity contribution in [3.8, 4) is 5.95 Å². The van der Waals surface area contributed by atoms with Crippen molar-refractivity contribution in [3.05, 3.63) is 30.3 Å². The van der Waals surface area contributed by atoms with Crippen molar-refractivity contribution in [1.82, 2.24) is 0 Å². The molecule has 74 valence electrons. The van der Waals surface area contributed by atoms with Gasteiger partial charge < -0.3 is 13.9 Å². The molecule has 0 fully saturated rings. The van der Waals surface area contributed by atoms with Gasteiger partial charge in [-0.1, -0.05) is 18.2 Å². The molecular weight excluding hydrogens is 180 g/mol. The fraction of sp³-hybridized carbons (Fsp3) is 0.273. The van der Waals surface area contributed by atoms with E-state index in [1.807, 2.05) is 30.3 Å². The molecule has 1 aromatic heterocycles. The second-order valence-electron chi connectivity index (χ2n) is 2.94. The Hall–Kier alpha value is -1.48. The zero-order chi connectivity index (χ0) is 9.80. The predicted octanol–water partition coefficient (Wildman–Crippen LogP) is 2.46. The van der Waals surface area contributed by atoms with Crippen molar-refractivity contribution >= 4 is 11.0 Å². The van der Waals surface area contributed by atoms with Gasteiger partial charge in [-0.2, -0.15) is 0 Å². The molecule has 0 spiro atoms. The van der Waals surface area contributed by atoms with Gasteiger partial charge in [-0.15, -0.1) is 0 Å². The van der Waals surface area contributed by atoms with Crippen molar-refractivity contribution in [2.75, 3.05) is 20.3 Å². The first-order valence-electron chi connectivity index (χ1n) is 4.50. The zero-order valence-electron chi connectivity index (χ0n) is 8.03. The van der Waals surface area contributed by atoms with Crippen molar-refractivity contribution in [3.63, 3.8) is 0 Å². The van der Waals surface area contributed by atoms with Crippen LogP contribution < -0.4 is 4.74 Å². The minimum absolute atomic E-state index is 0.510. The molecule has 3 nitrogen and oxygen atoms in total. The third kappa shape index (κ3) is 1.88. The van der Waals surface area contributed by atoms with E-state index in [2.05, 4.69) is 0 Å². The Bertz CT molecular complexity index is 373. The van der Waals surface area contributed by atoms with Gasteiger partial charge in [0.2, 0.25) is 0 Å². The number of benzene rings is 1. The van der Waals surface area contributed by atoms with Gasteiger partial charge in [0, 0.05) is 18.6 Å². The molecule has 1 heterocycles. The monoisotopic (exact) mass is 192 g/mol. The van der Waals surface area contributed by atoms with E-state index in [1.165, 1.54) is 0 Å². The summed E-state index contributed by atoms with van der Waals surface area (Å²) < 4.78 is 15.6. The number of ether oxygens (including phenoxy) is 2. The van der Waals surface area contributed by atoms with Crippen molar-refractivity contribution in [1.29, 1.82) is 0 Å². The molecule has 0 aliphatic carbocycles. The van der Waals surface area contributed by atoms with Crippen LogP contribution in [0.4, 0.5) is 0 Å². The highest BCUT2D eigenvalue weighted by molar-refractivity contribution is 5.78. The number of methoxy groups -OCH3 is 1. The molecule has 14 heavy (non-hydrogen) atoms. The molecule has 0 saturated carbocycles. The van der Waals surface area contributed by atoms with E-state index in [0.29, 0.717) is 19.2 Å². The molecule has 0 aliphatic rings. The fourth-order valence-corrected chi connectivity index (χ4v) is 1.25. The molecule has 0 bridgehead atoms. The van der Waals surface area contributed by atoms with Crippen molar-refractivity contribution in [2.24, 2.45) is 0 Å². The maximum Gasteiger partial charge on any atom is 0.285 e. The average Bonchev–Trinajstić information content (AvgIpc) is 2.60. The third-order valence-corrected chi connectivity index (χ3v) is 1.93. The van der Waals surface area contributed by atoms with Crippen LogP contribution in [-0.2, 0) is 4.74 Å². The summed E-state index contributed by atoms with van der Waals surface area (Å²) in [5.41, 5.74) is 0.847. The molecular formula is C11H12O3. The summed E-state index contributed by atoms with van der Waals surface area (Å²) in [6, 6.07) is 9.69. The summed E-state index contributed by atoms with van der Waals surface area (Å²) in [5, 5.41) is 1.06. The lowest BCUT2D eigenvalue weighted by Crippen LogP contribution is -2.03. The van der Waals surface area contributed by atoms with E-state index < -0.39 is 0 Å². The Morgan fingerprint density at radius 3 is 2.86 bits per heavy atom. The average molecular weight is 192 g/mol. The van der Waals surface area contributed by atoms with Gasteiger partial charge >= 0.3 is 0 Å². The molecule has 0 radical (unpaired) electrons. The number of fused-ring (bicyclic) bond motifs is 1. The molecule has 2 rings (SSSR count). The number of furan rings is 1. The Morgan fingerprint density at radius 1 is 1.21 bits per heavy atom. The van der Waals surface area contributed by atoms with Gasteiger partial charge in [0.1, 0.15) is 12.2 Å². The van der Waals surface area contributed by atoms with Crippen LogP contribution in [0.15, 0.2) is 34.7 Å². The highest BCUT2D eigenvalue weighted by Gasteiger charge is 2.02. The molecule has 0 unspecified atom stereocenters. The predicted molar refractivity (Wildman–Crippen MR) is 53.6 cm³/mol. The summed E-state index contributed by atoms with van der Waals surface area (Å²) in [6.07, 6.45) is 0. The second-order valence-corrected chi connectivity index (χ2v) is 2.94. The Kier molecular flexibility index (Phi) is 2.70. The first-order valence-corrected chi connectivity index (χ1v) is 4.50. The van der Waals surface area contributed by atoms with Crippen LogP contribution >= 0.6 is 0 Å².